The van der Waals surface area contributed by atoms with Crippen LogP contribution in [0.2, 0.25) is 5.15 Å². The van der Waals surface area contributed by atoms with E-state index >= 15 is 0 Å². The molecule has 0 aromatic carbocycles. The number of aromatic nitrogens is 3. The molecule has 0 radical (unpaired) electrons. The molecule has 1 saturated carbocycles. The fourth-order valence-corrected chi connectivity index (χ4v) is 3.08. The molecule has 3 rings (SSSR count). The summed E-state index contributed by atoms with van der Waals surface area (Å²) in [5.74, 6) is -0.176. The highest BCUT2D eigenvalue weighted by Gasteiger charge is 2.29. The summed E-state index contributed by atoms with van der Waals surface area (Å²) in [4.78, 5) is 4.04. The Morgan fingerprint density at radius 3 is 2.84 bits per heavy atom. The van der Waals surface area contributed by atoms with E-state index in [0.29, 0.717) is 29.4 Å². The van der Waals surface area contributed by atoms with Crippen molar-refractivity contribution >= 4 is 17.3 Å². The number of nitrogens with one attached hydrogen (secondary N) is 1. The van der Waals surface area contributed by atoms with Gasteiger partial charge in [-0.3, -0.25) is 0 Å². The van der Waals surface area contributed by atoms with Gasteiger partial charge in [0.15, 0.2) is 0 Å². The average molecular weight is 373 g/mol. The van der Waals surface area contributed by atoms with Crippen molar-refractivity contribution in [1.29, 1.82) is 0 Å². The van der Waals surface area contributed by atoms with Crippen molar-refractivity contribution in [2.45, 2.75) is 50.9 Å². The lowest BCUT2D eigenvalue weighted by Crippen LogP contribution is -2.35. The summed E-state index contributed by atoms with van der Waals surface area (Å²) in [6, 6.07) is 3.19. The highest BCUT2D eigenvalue weighted by molar-refractivity contribution is 6.29. The van der Waals surface area contributed by atoms with E-state index < -0.39 is 12.2 Å². The summed E-state index contributed by atoms with van der Waals surface area (Å²) in [6.07, 6.45) is 6.05. The van der Waals surface area contributed by atoms with Crippen LogP contribution in [0.4, 0.5) is 14.5 Å². The maximum absolute atomic E-state index is 12.3. The van der Waals surface area contributed by atoms with Crippen LogP contribution in [0, 0.1) is 0 Å². The highest BCUT2D eigenvalue weighted by atomic mass is 35.5. The first kappa shape index (κ1) is 17.9. The van der Waals surface area contributed by atoms with Gasteiger partial charge in [-0.1, -0.05) is 11.6 Å². The number of rotatable bonds is 5. The molecule has 0 bridgehead atoms. The summed E-state index contributed by atoms with van der Waals surface area (Å²) in [6.45, 7) is -1.09. The minimum atomic E-state index is -2.93. The summed E-state index contributed by atoms with van der Waals surface area (Å²) < 4.78 is 30.3. The number of pyridine rings is 1. The zero-order chi connectivity index (χ0) is 18.0. The van der Waals surface area contributed by atoms with Gasteiger partial charge in [0.25, 0.3) is 0 Å². The van der Waals surface area contributed by atoms with Crippen LogP contribution in [0.15, 0.2) is 24.5 Å². The first-order valence-corrected chi connectivity index (χ1v) is 8.35. The SMILES string of the molecule is CC1(O)CCC(Nc2cc(Cl)ncc2-n2ccc(OC(F)F)n2)CC1. The van der Waals surface area contributed by atoms with Crippen molar-refractivity contribution in [1.82, 2.24) is 14.8 Å². The Balaban J connectivity index is 1.80. The second-order valence-electron chi connectivity index (χ2n) is 6.42. The molecule has 0 saturated heterocycles. The first-order chi connectivity index (χ1) is 11.8. The molecule has 136 valence electrons. The van der Waals surface area contributed by atoms with Gasteiger partial charge >= 0.3 is 6.61 Å². The molecular weight excluding hydrogens is 354 g/mol. The second kappa shape index (κ2) is 7.13. The molecule has 0 amide bonds. The van der Waals surface area contributed by atoms with Crippen LogP contribution < -0.4 is 10.1 Å². The van der Waals surface area contributed by atoms with E-state index in [1.54, 1.807) is 6.07 Å². The van der Waals surface area contributed by atoms with E-state index in [4.69, 9.17) is 11.6 Å². The minimum Gasteiger partial charge on any atom is -0.415 e. The monoisotopic (exact) mass is 372 g/mol. The summed E-state index contributed by atoms with van der Waals surface area (Å²) in [5, 5.41) is 17.7. The molecule has 0 aliphatic heterocycles. The number of halogens is 3. The molecule has 6 nitrogen and oxygen atoms in total. The third kappa shape index (κ3) is 4.58. The molecule has 2 aromatic rings. The number of ether oxygens (including phenoxy) is 1. The number of hydrogen-bond acceptors (Lipinski definition) is 5. The predicted molar refractivity (Wildman–Crippen MR) is 89.5 cm³/mol. The predicted octanol–water partition coefficient (Wildman–Crippen LogP) is 3.63. The van der Waals surface area contributed by atoms with Gasteiger partial charge in [-0.05, 0) is 32.6 Å². The number of hydrogen-bond donors (Lipinski definition) is 2. The van der Waals surface area contributed by atoms with Crippen LogP contribution in [0.5, 0.6) is 5.88 Å². The van der Waals surface area contributed by atoms with E-state index in [0.717, 1.165) is 12.8 Å². The van der Waals surface area contributed by atoms with Crippen molar-refractivity contribution in [3.63, 3.8) is 0 Å². The van der Waals surface area contributed by atoms with Gasteiger partial charge in [-0.15, -0.1) is 5.10 Å². The Hall–Kier alpha value is -1.93. The molecule has 0 unspecified atom stereocenters. The van der Waals surface area contributed by atoms with E-state index in [9.17, 15) is 13.9 Å². The Labute approximate surface area is 148 Å². The van der Waals surface area contributed by atoms with E-state index in [1.165, 1.54) is 23.1 Å². The molecule has 25 heavy (non-hydrogen) atoms. The largest absolute Gasteiger partial charge is 0.415 e. The summed E-state index contributed by atoms with van der Waals surface area (Å²) in [5.41, 5.74) is 0.643. The summed E-state index contributed by atoms with van der Waals surface area (Å²) >= 11 is 6.00. The fraction of sp³-hybridized carbons (Fsp3) is 0.500. The molecule has 9 heteroatoms. The van der Waals surface area contributed by atoms with Crippen LogP contribution in [0.3, 0.4) is 0 Å². The van der Waals surface area contributed by atoms with Crippen molar-refractivity contribution < 1.29 is 18.6 Å². The Kier molecular flexibility index (Phi) is 5.10. The molecule has 0 spiro atoms. The molecule has 0 atom stereocenters. The van der Waals surface area contributed by atoms with Crippen molar-refractivity contribution in [2.75, 3.05) is 5.32 Å². The van der Waals surface area contributed by atoms with E-state index in [1.807, 2.05) is 6.92 Å². The Bertz CT molecular complexity index is 729. The van der Waals surface area contributed by atoms with Gasteiger partial charge in [0, 0.05) is 24.4 Å². The van der Waals surface area contributed by atoms with Crippen molar-refractivity contribution in [3.05, 3.63) is 29.7 Å². The molecule has 2 heterocycles. The number of alkyl halides is 2. The zero-order valence-corrected chi connectivity index (χ0v) is 14.4. The highest BCUT2D eigenvalue weighted by Crippen LogP contribution is 2.31. The minimum absolute atomic E-state index is 0.171. The van der Waals surface area contributed by atoms with Gasteiger partial charge in [-0.25, -0.2) is 9.67 Å². The van der Waals surface area contributed by atoms with Crippen LogP contribution >= 0.6 is 11.6 Å². The van der Waals surface area contributed by atoms with E-state index in [2.05, 4.69) is 20.1 Å². The lowest BCUT2D eigenvalue weighted by molar-refractivity contribution is -0.0530. The quantitative estimate of drug-likeness (QED) is 0.784. The van der Waals surface area contributed by atoms with Gasteiger partial charge < -0.3 is 15.2 Å². The van der Waals surface area contributed by atoms with Crippen molar-refractivity contribution in [3.8, 4) is 11.6 Å². The van der Waals surface area contributed by atoms with E-state index in [-0.39, 0.29) is 11.9 Å². The molecule has 1 aliphatic rings. The third-order valence-electron chi connectivity index (χ3n) is 4.29. The normalized spacial score (nSPS) is 23.7. The zero-order valence-electron chi connectivity index (χ0n) is 13.6. The Morgan fingerprint density at radius 2 is 2.16 bits per heavy atom. The molecule has 2 N–H and O–H groups in total. The molecule has 2 aromatic heterocycles. The lowest BCUT2D eigenvalue weighted by Gasteiger charge is -2.34. The average Bonchev–Trinajstić information content (AvgIpc) is 2.97. The molecule has 1 fully saturated rings. The second-order valence-corrected chi connectivity index (χ2v) is 6.80. The van der Waals surface area contributed by atoms with Crippen LogP contribution in [-0.4, -0.2) is 38.1 Å². The standard InChI is InChI=1S/C16H19ClF2N4O2/c1-16(24)5-2-10(3-6-16)21-11-8-13(17)20-9-12(11)23-7-4-14(22-23)25-15(18)19/h4,7-10,15,24H,2-3,5-6H2,1H3,(H,20,21). The molecular formula is C16H19ClF2N4O2. The van der Waals surface area contributed by atoms with Crippen LogP contribution in [-0.2, 0) is 0 Å². The number of nitrogens with zero attached hydrogens (tertiary/aromatic N) is 3. The van der Waals surface area contributed by atoms with Gasteiger partial charge in [0.1, 0.15) is 10.8 Å². The fourth-order valence-electron chi connectivity index (χ4n) is 2.92. The maximum Gasteiger partial charge on any atom is 0.388 e. The maximum atomic E-state index is 12.3. The van der Waals surface area contributed by atoms with Crippen LogP contribution in [0.25, 0.3) is 5.69 Å². The van der Waals surface area contributed by atoms with Gasteiger partial charge in [0.2, 0.25) is 5.88 Å². The van der Waals surface area contributed by atoms with Crippen LogP contribution in [0.1, 0.15) is 32.6 Å². The molecule has 1 aliphatic carbocycles. The number of aliphatic hydroxyl groups is 1. The third-order valence-corrected chi connectivity index (χ3v) is 4.50. The summed E-state index contributed by atoms with van der Waals surface area (Å²) in [7, 11) is 0. The van der Waals surface area contributed by atoms with Gasteiger partial charge in [-0.2, -0.15) is 8.78 Å². The lowest BCUT2D eigenvalue weighted by atomic mass is 9.83. The smallest absolute Gasteiger partial charge is 0.388 e. The van der Waals surface area contributed by atoms with Gasteiger partial charge in [0.05, 0.1) is 17.5 Å². The Morgan fingerprint density at radius 1 is 1.44 bits per heavy atom. The first-order valence-electron chi connectivity index (χ1n) is 7.98. The topological polar surface area (TPSA) is 72.2 Å². The van der Waals surface area contributed by atoms with Crippen molar-refractivity contribution in [2.24, 2.45) is 0 Å². The number of anilines is 1.